The van der Waals surface area contributed by atoms with E-state index in [0.29, 0.717) is 6.61 Å². The van der Waals surface area contributed by atoms with Crippen LogP contribution in [0.3, 0.4) is 0 Å². The quantitative estimate of drug-likeness (QED) is 0.627. The summed E-state index contributed by atoms with van der Waals surface area (Å²) in [5.41, 5.74) is 3.67. The summed E-state index contributed by atoms with van der Waals surface area (Å²) in [6.07, 6.45) is 3.29. The topological polar surface area (TPSA) is 51.2 Å². The molecule has 0 aliphatic heterocycles. The lowest BCUT2D eigenvalue weighted by molar-refractivity contribution is -0.111. The lowest BCUT2D eigenvalue weighted by atomic mass is 10.2. The molecule has 0 aliphatic carbocycles. The monoisotopic (exact) mass is 364 g/mol. The highest BCUT2D eigenvalue weighted by Gasteiger charge is 2.02. The molecule has 1 amide bonds. The van der Waals surface area contributed by atoms with E-state index in [0.717, 1.165) is 33.3 Å². The van der Waals surface area contributed by atoms with Gasteiger partial charge in [-0.3, -0.25) is 4.79 Å². The standard InChI is InChI=1S/C21H20N2O2S/c1-15-6-3-4-9-20(15)23-21(24)11-10-17-7-5-8-19(12-17)25-13-18-14-26-16(2)22-18/h3-12,14H,13H2,1-2H3,(H,23,24)/b11-10+. The number of amides is 1. The number of hydrogen-bond donors (Lipinski definition) is 1. The number of para-hydroxylation sites is 1. The van der Waals surface area contributed by atoms with Crippen LogP contribution in [0.15, 0.2) is 60.0 Å². The molecule has 132 valence electrons. The molecule has 1 aromatic heterocycles. The zero-order valence-corrected chi connectivity index (χ0v) is 15.5. The van der Waals surface area contributed by atoms with Gasteiger partial charge in [-0.1, -0.05) is 30.3 Å². The molecule has 2 aromatic carbocycles. The van der Waals surface area contributed by atoms with Crippen molar-refractivity contribution in [3.05, 3.63) is 81.8 Å². The number of ether oxygens (including phenoxy) is 1. The van der Waals surface area contributed by atoms with E-state index in [4.69, 9.17) is 4.74 Å². The van der Waals surface area contributed by atoms with Gasteiger partial charge < -0.3 is 10.1 Å². The number of rotatable bonds is 6. The smallest absolute Gasteiger partial charge is 0.248 e. The van der Waals surface area contributed by atoms with E-state index in [1.807, 2.05) is 67.8 Å². The molecule has 0 fully saturated rings. The minimum Gasteiger partial charge on any atom is -0.487 e. The molecule has 0 aliphatic rings. The van der Waals surface area contributed by atoms with Crippen molar-refractivity contribution in [1.29, 1.82) is 0 Å². The van der Waals surface area contributed by atoms with E-state index in [2.05, 4.69) is 10.3 Å². The van der Waals surface area contributed by atoms with E-state index in [1.54, 1.807) is 17.4 Å². The predicted molar refractivity (Wildman–Crippen MR) is 106 cm³/mol. The zero-order chi connectivity index (χ0) is 18.4. The Morgan fingerprint density at radius 2 is 2.04 bits per heavy atom. The number of benzene rings is 2. The van der Waals surface area contributed by atoms with Crippen molar-refractivity contribution >= 4 is 29.0 Å². The average molecular weight is 364 g/mol. The Kier molecular flexibility index (Phi) is 5.81. The van der Waals surface area contributed by atoms with Gasteiger partial charge in [0.15, 0.2) is 0 Å². The van der Waals surface area contributed by atoms with Crippen LogP contribution in [0.5, 0.6) is 5.75 Å². The van der Waals surface area contributed by atoms with Crippen molar-refractivity contribution in [2.24, 2.45) is 0 Å². The molecule has 0 saturated carbocycles. The van der Waals surface area contributed by atoms with Crippen molar-refractivity contribution in [2.45, 2.75) is 20.5 Å². The Morgan fingerprint density at radius 1 is 1.19 bits per heavy atom. The van der Waals surface area contributed by atoms with Gasteiger partial charge in [0.05, 0.1) is 10.7 Å². The summed E-state index contributed by atoms with van der Waals surface area (Å²) in [5, 5.41) is 5.90. The second-order valence-corrected chi connectivity index (χ2v) is 6.92. The second-order valence-electron chi connectivity index (χ2n) is 5.86. The van der Waals surface area contributed by atoms with Crippen LogP contribution in [0, 0.1) is 13.8 Å². The number of aryl methyl sites for hydroxylation is 2. The number of thiazole rings is 1. The third-order valence-electron chi connectivity index (χ3n) is 3.74. The van der Waals surface area contributed by atoms with Crippen LogP contribution in [0.25, 0.3) is 6.08 Å². The maximum atomic E-state index is 12.1. The Morgan fingerprint density at radius 3 is 2.81 bits per heavy atom. The minimum atomic E-state index is -0.163. The molecular weight excluding hydrogens is 344 g/mol. The van der Waals surface area contributed by atoms with Gasteiger partial charge in [-0.2, -0.15) is 0 Å². The number of nitrogens with zero attached hydrogens (tertiary/aromatic N) is 1. The number of carbonyl (C=O) groups is 1. The summed E-state index contributed by atoms with van der Waals surface area (Å²) in [4.78, 5) is 16.5. The third-order valence-corrected chi connectivity index (χ3v) is 4.56. The van der Waals surface area contributed by atoms with Crippen molar-refractivity contribution < 1.29 is 9.53 Å². The zero-order valence-electron chi connectivity index (χ0n) is 14.7. The molecule has 3 rings (SSSR count). The highest BCUT2D eigenvalue weighted by atomic mass is 32.1. The van der Waals surface area contributed by atoms with Gasteiger partial charge in [-0.05, 0) is 49.2 Å². The molecule has 1 N–H and O–H groups in total. The van der Waals surface area contributed by atoms with Gasteiger partial charge in [0.25, 0.3) is 0 Å². The molecule has 5 heteroatoms. The van der Waals surface area contributed by atoms with Crippen LogP contribution in [0.1, 0.15) is 21.8 Å². The molecule has 0 radical (unpaired) electrons. The summed E-state index contributed by atoms with van der Waals surface area (Å²) in [6, 6.07) is 15.3. The van der Waals surface area contributed by atoms with Gasteiger partial charge in [0, 0.05) is 17.1 Å². The molecule has 0 atom stereocenters. The van der Waals surface area contributed by atoms with Crippen LogP contribution in [-0.4, -0.2) is 10.9 Å². The maximum absolute atomic E-state index is 12.1. The first kappa shape index (κ1) is 17.9. The Hall–Kier alpha value is -2.92. The fourth-order valence-corrected chi connectivity index (χ4v) is 3.00. The highest BCUT2D eigenvalue weighted by molar-refractivity contribution is 7.09. The van der Waals surface area contributed by atoms with Crippen LogP contribution in [-0.2, 0) is 11.4 Å². The van der Waals surface area contributed by atoms with Crippen molar-refractivity contribution in [3.8, 4) is 5.75 Å². The Labute approximate surface area is 157 Å². The van der Waals surface area contributed by atoms with E-state index < -0.39 is 0 Å². The van der Waals surface area contributed by atoms with Crippen LogP contribution in [0.2, 0.25) is 0 Å². The summed E-state index contributed by atoms with van der Waals surface area (Å²) < 4.78 is 5.77. The predicted octanol–water partition coefficient (Wildman–Crippen LogP) is 4.99. The molecule has 1 heterocycles. The van der Waals surface area contributed by atoms with Gasteiger partial charge >= 0.3 is 0 Å². The molecule has 4 nitrogen and oxygen atoms in total. The van der Waals surface area contributed by atoms with E-state index in [9.17, 15) is 4.79 Å². The van der Waals surface area contributed by atoms with Crippen molar-refractivity contribution in [3.63, 3.8) is 0 Å². The number of carbonyl (C=O) groups excluding carboxylic acids is 1. The average Bonchev–Trinajstić information content (AvgIpc) is 3.06. The largest absolute Gasteiger partial charge is 0.487 e. The number of aromatic nitrogens is 1. The van der Waals surface area contributed by atoms with Crippen LogP contribution >= 0.6 is 11.3 Å². The molecule has 26 heavy (non-hydrogen) atoms. The van der Waals surface area contributed by atoms with E-state index >= 15 is 0 Å². The molecule has 0 unspecified atom stereocenters. The fourth-order valence-electron chi connectivity index (χ4n) is 2.40. The summed E-state index contributed by atoms with van der Waals surface area (Å²) in [7, 11) is 0. The lowest BCUT2D eigenvalue weighted by Crippen LogP contribution is -2.08. The number of nitrogens with one attached hydrogen (secondary N) is 1. The van der Waals surface area contributed by atoms with Gasteiger partial charge in [0.1, 0.15) is 12.4 Å². The van der Waals surface area contributed by atoms with Crippen molar-refractivity contribution in [1.82, 2.24) is 4.98 Å². The minimum absolute atomic E-state index is 0.163. The Balaban J connectivity index is 1.59. The van der Waals surface area contributed by atoms with Crippen molar-refractivity contribution in [2.75, 3.05) is 5.32 Å². The van der Waals surface area contributed by atoms with Crippen LogP contribution < -0.4 is 10.1 Å². The molecule has 3 aromatic rings. The molecular formula is C21H20N2O2S. The SMILES string of the molecule is Cc1nc(COc2cccc(/C=C/C(=O)Nc3ccccc3C)c2)cs1. The number of anilines is 1. The number of hydrogen-bond acceptors (Lipinski definition) is 4. The first-order valence-corrected chi connectivity index (χ1v) is 9.17. The fraction of sp³-hybridized carbons (Fsp3) is 0.143. The van der Waals surface area contributed by atoms with Crippen LogP contribution in [0.4, 0.5) is 5.69 Å². The van der Waals surface area contributed by atoms with E-state index in [-0.39, 0.29) is 5.91 Å². The summed E-state index contributed by atoms with van der Waals surface area (Å²) in [6.45, 7) is 4.37. The van der Waals surface area contributed by atoms with E-state index in [1.165, 1.54) is 6.08 Å². The Bertz CT molecular complexity index is 931. The molecule has 0 spiro atoms. The molecule has 0 bridgehead atoms. The first-order valence-electron chi connectivity index (χ1n) is 8.29. The first-order chi connectivity index (χ1) is 12.6. The summed E-state index contributed by atoms with van der Waals surface area (Å²) in [5.74, 6) is 0.584. The highest BCUT2D eigenvalue weighted by Crippen LogP contribution is 2.18. The second kappa shape index (κ2) is 8.45. The van der Waals surface area contributed by atoms with Gasteiger partial charge in [-0.15, -0.1) is 11.3 Å². The molecule has 0 saturated heterocycles. The third kappa shape index (κ3) is 5.04. The van der Waals surface area contributed by atoms with Gasteiger partial charge in [0.2, 0.25) is 5.91 Å². The summed E-state index contributed by atoms with van der Waals surface area (Å²) >= 11 is 1.61. The van der Waals surface area contributed by atoms with Gasteiger partial charge in [-0.25, -0.2) is 4.98 Å². The normalized spacial score (nSPS) is 10.8. The maximum Gasteiger partial charge on any atom is 0.248 e. The lowest BCUT2D eigenvalue weighted by Gasteiger charge is -2.06.